The van der Waals surface area contributed by atoms with Crippen LogP contribution in [0.4, 0.5) is 0 Å². The van der Waals surface area contributed by atoms with Crippen molar-refractivity contribution in [1.82, 2.24) is 0 Å². The van der Waals surface area contributed by atoms with E-state index in [1.165, 1.54) is 49.0 Å². The van der Waals surface area contributed by atoms with Crippen LogP contribution in [0.3, 0.4) is 0 Å². The van der Waals surface area contributed by atoms with Gasteiger partial charge in [-0.2, -0.15) is 6.07 Å². The van der Waals surface area contributed by atoms with Gasteiger partial charge in [-0.15, -0.1) is 34.5 Å². The minimum absolute atomic E-state index is 0. The van der Waals surface area contributed by atoms with Gasteiger partial charge in [0.1, 0.15) is 0 Å². The van der Waals surface area contributed by atoms with Gasteiger partial charge >= 0.3 is 26.2 Å². The van der Waals surface area contributed by atoms with Crippen LogP contribution in [0.15, 0.2) is 84.9 Å². The Morgan fingerprint density at radius 3 is 2.04 bits per heavy atom. The molecular formula is C24H17Cl2Zr. The molecule has 0 aliphatic heterocycles. The smallest absolute Gasteiger partial charge is 1.00 e. The van der Waals surface area contributed by atoms with Gasteiger partial charge in [0, 0.05) is 0 Å². The quantitative estimate of drug-likeness (QED) is 0.253. The number of fused-ring (bicyclic) bond motifs is 3. The minimum Gasteiger partial charge on any atom is -1.00 e. The average Bonchev–Trinajstić information content (AvgIpc) is 2.99. The van der Waals surface area contributed by atoms with E-state index in [2.05, 4.69) is 91.9 Å². The molecule has 1 radical (unpaired) electrons. The van der Waals surface area contributed by atoms with Gasteiger partial charge in [0.2, 0.25) is 0 Å². The fourth-order valence-corrected chi connectivity index (χ4v) is 3.74. The molecule has 0 saturated heterocycles. The summed E-state index contributed by atoms with van der Waals surface area (Å²) in [5.41, 5.74) is 3.92. The van der Waals surface area contributed by atoms with Gasteiger partial charge in [0.05, 0.1) is 0 Å². The number of benzene rings is 4. The van der Waals surface area contributed by atoms with Gasteiger partial charge in [0.15, 0.2) is 0 Å². The zero-order valence-electron chi connectivity index (χ0n) is 14.8. The number of halogens is 2. The zero-order chi connectivity index (χ0) is 16.1. The van der Waals surface area contributed by atoms with E-state index in [4.69, 9.17) is 0 Å². The Balaban J connectivity index is 0.000000871. The van der Waals surface area contributed by atoms with Gasteiger partial charge < -0.3 is 24.8 Å². The van der Waals surface area contributed by atoms with Crippen LogP contribution in [0.5, 0.6) is 0 Å². The van der Waals surface area contributed by atoms with Crippen LogP contribution in [-0.4, -0.2) is 0 Å². The first kappa shape index (κ1) is 21.8. The Morgan fingerprint density at radius 1 is 0.630 bits per heavy atom. The van der Waals surface area contributed by atoms with E-state index < -0.39 is 0 Å². The summed E-state index contributed by atoms with van der Waals surface area (Å²) in [6.07, 6.45) is 0. The average molecular weight is 468 g/mol. The van der Waals surface area contributed by atoms with Gasteiger partial charge in [-0.1, -0.05) is 55.0 Å². The summed E-state index contributed by atoms with van der Waals surface area (Å²) in [5, 5.41) is 7.85. The van der Waals surface area contributed by atoms with Gasteiger partial charge in [-0.3, -0.25) is 0 Å². The fourth-order valence-electron chi connectivity index (χ4n) is 3.74. The maximum Gasteiger partial charge on any atom is 3.00 e. The van der Waals surface area contributed by atoms with E-state index in [-0.39, 0.29) is 51.0 Å². The Kier molecular flexibility index (Phi) is 6.98. The van der Waals surface area contributed by atoms with E-state index in [9.17, 15) is 0 Å². The van der Waals surface area contributed by atoms with Crippen molar-refractivity contribution in [2.24, 2.45) is 0 Å². The van der Waals surface area contributed by atoms with Crippen LogP contribution in [0.2, 0.25) is 0 Å². The Labute approximate surface area is 190 Å². The molecule has 0 aliphatic carbocycles. The number of rotatable bonds is 1. The first-order valence-corrected chi connectivity index (χ1v) is 8.37. The SMILES string of the molecule is Cc1cc2c(-c3ccc4cc5ccccc5cc4c3)cccc2[cH-]1.[Cl-].[Cl-].[Zr+3]. The number of hydrogen-bond donors (Lipinski definition) is 0. The molecule has 5 rings (SSSR count). The maximum atomic E-state index is 2.32. The Bertz CT molecular complexity index is 1220. The molecule has 0 heterocycles. The molecule has 0 spiro atoms. The molecule has 0 aromatic heterocycles. The van der Waals surface area contributed by atoms with Crippen molar-refractivity contribution in [2.75, 3.05) is 0 Å². The van der Waals surface area contributed by atoms with Crippen LogP contribution >= 0.6 is 0 Å². The van der Waals surface area contributed by atoms with Crippen LogP contribution < -0.4 is 24.8 Å². The molecule has 0 aliphatic rings. The van der Waals surface area contributed by atoms with Crippen LogP contribution in [0.1, 0.15) is 5.56 Å². The Hall–Kier alpha value is -1.53. The van der Waals surface area contributed by atoms with Gasteiger partial charge in [0.25, 0.3) is 0 Å². The summed E-state index contributed by atoms with van der Waals surface area (Å²) in [5.74, 6) is 0. The molecule has 0 unspecified atom stereocenters. The molecule has 27 heavy (non-hydrogen) atoms. The molecule has 131 valence electrons. The topological polar surface area (TPSA) is 0 Å². The molecular weight excluding hydrogens is 450 g/mol. The Morgan fingerprint density at radius 2 is 1.30 bits per heavy atom. The predicted octanol–water partition coefficient (Wildman–Crippen LogP) is 0.846. The van der Waals surface area contributed by atoms with Gasteiger partial charge in [-0.25, -0.2) is 0 Å². The van der Waals surface area contributed by atoms with Crippen LogP contribution in [0, 0.1) is 6.92 Å². The normalized spacial score (nSPS) is 10.3. The van der Waals surface area contributed by atoms with E-state index >= 15 is 0 Å². The maximum absolute atomic E-state index is 2.32. The second-order valence-electron chi connectivity index (χ2n) is 6.60. The first-order chi connectivity index (χ1) is 11.8. The van der Waals surface area contributed by atoms with Crippen molar-refractivity contribution in [3.05, 3.63) is 90.5 Å². The number of aryl methyl sites for hydroxylation is 1. The van der Waals surface area contributed by atoms with E-state index in [0.717, 1.165) is 0 Å². The second kappa shape index (κ2) is 8.65. The summed E-state index contributed by atoms with van der Waals surface area (Å²) in [6.45, 7) is 2.16. The summed E-state index contributed by atoms with van der Waals surface area (Å²) in [7, 11) is 0. The molecule has 0 bridgehead atoms. The number of hydrogen-bond acceptors (Lipinski definition) is 0. The van der Waals surface area contributed by atoms with Crippen LogP contribution in [-0.2, 0) is 26.2 Å². The molecule has 0 amide bonds. The van der Waals surface area contributed by atoms with Crippen molar-refractivity contribution in [1.29, 1.82) is 0 Å². The molecule has 5 aromatic carbocycles. The summed E-state index contributed by atoms with van der Waals surface area (Å²) < 4.78 is 0. The molecule has 0 nitrogen and oxygen atoms in total. The monoisotopic (exact) mass is 465 g/mol. The van der Waals surface area contributed by atoms with Crippen molar-refractivity contribution in [2.45, 2.75) is 6.92 Å². The van der Waals surface area contributed by atoms with Crippen molar-refractivity contribution in [3.63, 3.8) is 0 Å². The molecule has 5 aromatic rings. The first-order valence-electron chi connectivity index (χ1n) is 8.37. The third-order valence-electron chi connectivity index (χ3n) is 4.91. The fraction of sp³-hybridized carbons (Fsp3) is 0.0417. The third-order valence-corrected chi connectivity index (χ3v) is 4.91. The van der Waals surface area contributed by atoms with Crippen molar-refractivity contribution >= 4 is 32.3 Å². The van der Waals surface area contributed by atoms with Crippen molar-refractivity contribution < 1.29 is 51.0 Å². The summed E-state index contributed by atoms with van der Waals surface area (Å²) in [4.78, 5) is 0. The molecule has 0 atom stereocenters. The van der Waals surface area contributed by atoms with E-state index in [1.54, 1.807) is 0 Å². The largest absolute Gasteiger partial charge is 3.00 e. The standard InChI is InChI=1S/C24H17.2ClH.Zr/c1-16-11-20-7-4-8-23(24(20)12-16)21-10-9-19-13-17-5-2-3-6-18(17)14-22(19)15-21;;;/h2-15H,1H3;2*1H;/q-1;;;+3/p-2. The minimum atomic E-state index is 0. The molecule has 3 heteroatoms. The van der Waals surface area contributed by atoms with Crippen LogP contribution in [0.25, 0.3) is 43.4 Å². The second-order valence-corrected chi connectivity index (χ2v) is 6.60. The predicted molar refractivity (Wildman–Crippen MR) is 105 cm³/mol. The molecule has 0 fully saturated rings. The summed E-state index contributed by atoms with van der Waals surface area (Å²) in [6, 6.07) is 31.1. The van der Waals surface area contributed by atoms with Crippen molar-refractivity contribution in [3.8, 4) is 11.1 Å². The van der Waals surface area contributed by atoms with Gasteiger partial charge in [-0.05, 0) is 45.3 Å². The van der Waals surface area contributed by atoms with E-state index in [0.29, 0.717) is 0 Å². The van der Waals surface area contributed by atoms with E-state index in [1.807, 2.05) is 0 Å². The molecule has 0 saturated carbocycles. The summed E-state index contributed by atoms with van der Waals surface area (Å²) >= 11 is 0. The molecule has 0 N–H and O–H groups in total. The third kappa shape index (κ3) is 3.88. The zero-order valence-corrected chi connectivity index (χ0v) is 18.8.